The fourth-order valence-corrected chi connectivity index (χ4v) is 5.58. The molecule has 1 aliphatic rings. The average molecular weight is 586 g/mol. The number of carbonyl (C=O) groups is 1. The van der Waals surface area contributed by atoms with Gasteiger partial charge in [-0.15, -0.1) is 0 Å². The summed E-state index contributed by atoms with van der Waals surface area (Å²) in [4.78, 5) is 15.5. The van der Waals surface area contributed by atoms with Crippen LogP contribution in [0.4, 0.5) is 14.5 Å². The molecule has 0 saturated carbocycles. The molecule has 1 atom stereocenters. The minimum Gasteiger partial charge on any atom is -0.457 e. The Morgan fingerprint density at radius 3 is 2.22 bits per heavy atom. The van der Waals surface area contributed by atoms with Crippen LogP contribution in [0.2, 0.25) is 0 Å². The second-order valence-electron chi connectivity index (χ2n) is 10.6. The third kappa shape index (κ3) is 9.26. The summed E-state index contributed by atoms with van der Waals surface area (Å²) < 4.78 is 58.9. The summed E-state index contributed by atoms with van der Waals surface area (Å²) in [5.41, 5.74) is 1.86. The number of likely N-dealkylation sites (tertiary alicyclic amines) is 1. The molecule has 2 N–H and O–H groups in total. The summed E-state index contributed by atoms with van der Waals surface area (Å²) in [5.74, 6) is -0.872. The second-order valence-corrected chi connectivity index (χ2v) is 12.3. The predicted octanol–water partition coefficient (Wildman–Crippen LogP) is 6.18. The molecular formula is C31H37F2N3O4S. The monoisotopic (exact) mass is 585 g/mol. The SMILES string of the molecule is CCCCC(C(=O)NC1CCN(Cc2ccc(Oc3ccc(NS(C)(=O)=O)cc3)cc2)CC1)c1ccc(F)cc1F. The van der Waals surface area contributed by atoms with Crippen LogP contribution in [0.3, 0.4) is 0 Å². The van der Waals surface area contributed by atoms with Gasteiger partial charge in [-0.1, -0.05) is 38.0 Å². The smallest absolute Gasteiger partial charge is 0.229 e. The van der Waals surface area contributed by atoms with Gasteiger partial charge in [0.1, 0.15) is 23.1 Å². The van der Waals surface area contributed by atoms with Crippen LogP contribution >= 0.6 is 0 Å². The van der Waals surface area contributed by atoms with Crippen molar-refractivity contribution in [1.29, 1.82) is 0 Å². The number of anilines is 1. The molecule has 1 amide bonds. The van der Waals surface area contributed by atoms with Crippen LogP contribution in [0.25, 0.3) is 0 Å². The third-order valence-electron chi connectivity index (χ3n) is 7.16. The first kappa shape index (κ1) is 30.5. The molecule has 0 radical (unpaired) electrons. The van der Waals surface area contributed by atoms with E-state index < -0.39 is 27.6 Å². The largest absolute Gasteiger partial charge is 0.457 e. The van der Waals surface area contributed by atoms with Gasteiger partial charge in [0, 0.05) is 43.0 Å². The maximum absolute atomic E-state index is 14.5. The Morgan fingerprint density at radius 2 is 1.63 bits per heavy atom. The first-order chi connectivity index (χ1) is 19.6. The summed E-state index contributed by atoms with van der Waals surface area (Å²) >= 11 is 0. The average Bonchev–Trinajstić information content (AvgIpc) is 2.92. The van der Waals surface area contributed by atoms with Gasteiger partial charge in [0.2, 0.25) is 15.9 Å². The van der Waals surface area contributed by atoms with Gasteiger partial charge in [-0.25, -0.2) is 17.2 Å². The second kappa shape index (κ2) is 13.9. The van der Waals surface area contributed by atoms with Gasteiger partial charge < -0.3 is 10.1 Å². The zero-order chi connectivity index (χ0) is 29.4. The predicted molar refractivity (Wildman–Crippen MR) is 156 cm³/mol. The van der Waals surface area contributed by atoms with E-state index in [1.807, 2.05) is 31.2 Å². The molecule has 1 fully saturated rings. The number of benzene rings is 3. The van der Waals surface area contributed by atoms with E-state index in [2.05, 4.69) is 14.9 Å². The molecule has 0 spiro atoms. The van der Waals surface area contributed by atoms with Crippen molar-refractivity contribution in [3.8, 4) is 11.5 Å². The Bertz CT molecular complexity index is 1410. The molecule has 1 saturated heterocycles. The van der Waals surface area contributed by atoms with Crippen molar-refractivity contribution in [2.75, 3.05) is 24.1 Å². The Kier molecular flexibility index (Phi) is 10.3. The number of unbranched alkanes of at least 4 members (excludes halogenated alkanes) is 1. The van der Waals surface area contributed by atoms with Crippen LogP contribution in [0, 0.1) is 11.6 Å². The fourth-order valence-electron chi connectivity index (χ4n) is 5.02. The standard InChI is InChI=1S/C31H37F2N3O4S/c1-3-4-5-29(28-15-8-23(32)20-30(28)33)31(37)34-24-16-18-36(19-17-24)21-22-6-11-26(12-7-22)40-27-13-9-25(10-14-27)35-41(2,38)39/h6-15,20,24,29,35H,3-5,16-19,21H2,1-2H3,(H,34,37). The number of ether oxygens (including phenoxy) is 1. The highest BCUT2D eigenvalue weighted by Crippen LogP contribution is 2.27. The van der Waals surface area contributed by atoms with E-state index in [1.54, 1.807) is 24.3 Å². The number of carbonyl (C=O) groups excluding carboxylic acids is 1. The van der Waals surface area contributed by atoms with Gasteiger partial charge in [-0.05, 0) is 67.3 Å². The fraction of sp³-hybridized carbons (Fsp3) is 0.387. The number of nitrogens with one attached hydrogen (secondary N) is 2. The summed E-state index contributed by atoms with van der Waals surface area (Å²) in [5, 5.41) is 3.12. The van der Waals surface area contributed by atoms with Crippen molar-refractivity contribution in [3.05, 3.63) is 89.5 Å². The van der Waals surface area contributed by atoms with Crippen LogP contribution < -0.4 is 14.8 Å². The Hall–Kier alpha value is -3.50. The molecular weight excluding hydrogens is 548 g/mol. The van der Waals surface area contributed by atoms with Crippen molar-refractivity contribution in [2.24, 2.45) is 0 Å². The van der Waals surface area contributed by atoms with E-state index in [0.717, 1.165) is 63.2 Å². The lowest BCUT2D eigenvalue weighted by atomic mass is 9.91. The van der Waals surface area contributed by atoms with Gasteiger partial charge in [-0.3, -0.25) is 14.4 Å². The maximum atomic E-state index is 14.5. The highest BCUT2D eigenvalue weighted by molar-refractivity contribution is 7.92. The van der Waals surface area contributed by atoms with Crippen molar-refractivity contribution in [2.45, 2.75) is 57.5 Å². The third-order valence-corrected chi connectivity index (χ3v) is 7.76. The number of hydrogen-bond acceptors (Lipinski definition) is 5. The highest BCUT2D eigenvalue weighted by Gasteiger charge is 2.27. The Labute approximate surface area is 241 Å². The molecule has 0 bridgehead atoms. The van der Waals surface area contributed by atoms with Crippen molar-refractivity contribution in [3.63, 3.8) is 0 Å². The topological polar surface area (TPSA) is 87.7 Å². The highest BCUT2D eigenvalue weighted by atomic mass is 32.2. The van der Waals surface area contributed by atoms with Crippen LogP contribution in [-0.4, -0.2) is 44.6 Å². The van der Waals surface area contributed by atoms with E-state index >= 15 is 0 Å². The van der Waals surface area contributed by atoms with E-state index in [9.17, 15) is 22.0 Å². The number of piperidine rings is 1. The lowest BCUT2D eigenvalue weighted by molar-refractivity contribution is -0.123. The molecule has 1 unspecified atom stereocenters. The van der Waals surface area contributed by atoms with Crippen LogP contribution in [0.15, 0.2) is 66.7 Å². The molecule has 3 aromatic carbocycles. The van der Waals surface area contributed by atoms with Gasteiger partial charge >= 0.3 is 0 Å². The van der Waals surface area contributed by atoms with Crippen molar-refractivity contribution < 1.29 is 26.7 Å². The minimum absolute atomic E-state index is 0.0150. The molecule has 4 rings (SSSR count). The number of rotatable bonds is 12. The first-order valence-corrected chi connectivity index (χ1v) is 15.8. The lowest BCUT2D eigenvalue weighted by Crippen LogP contribution is -2.45. The summed E-state index contributed by atoms with van der Waals surface area (Å²) in [7, 11) is -3.33. The van der Waals surface area contributed by atoms with Gasteiger partial charge in [-0.2, -0.15) is 0 Å². The molecule has 0 aliphatic carbocycles. The summed E-state index contributed by atoms with van der Waals surface area (Å²) in [6.07, 6.45) is 4.88. The zero-order valence-corrected chi connectivity index (χ0v) is 24.2. The Balaban J connectivity index is 1.25. The van der Waals surface area contributed by atoms with Crippen LogP contribution in [0.1, 0.15) is 56.1 Å². The lowest BCUT2D eigenvalue weighted by Gasteiger charge is -2.33. The maximum Gasteiger partial charge on any atom is 0.229 e. The molecule has 1 heterocycles. The molecule has 3 aromatic rings. The molecule has 1 aliphatic heterocycles. The Morgan fingerprint density at radius 1 is 1.00 bits per heavy atom. The van der Waals surface area contributed by atoms with Gasteiger partial charge in [0.15, 0.2) is 0 Å². The van der Waals surface area contributed by atoms with E-state index in [-0.39, 0.29) is 17.5 Å². The van der Waals surface area contributed by atoms with E-state index in [4.69, 9.17) is 4.74 Å². The van der Waals surface area contributed by atoms with E-state index in [1.165, 1.54) is 12.1 Å². The summed E-state index contributed by atoms with van der Waals surface area (Å²) in [6.45, 7) is 4.43. The van der Waals surface area contributed by atoms with Crippen LogP contribution in [-0.2, 0) is 21.4 Å². The van der Waals surface area contributed by atoms with Crippen LogP contribution in [0.5, 0.6) is 11.5 Å². The van der Waals surface area contributed by atoms with Gasteiger partial charge in [0.05, 0.1) is 12.2 Å². The molecule has 41 heavy (non-hydrogen) atoms. The van der Waals surface area contributed by atoms with Gasteiger partial charge in [0.25, 0.3) is 0 Å². The molecule has 0 aromatic heterocycles. The molecule has 10 heteroatoms. The van der Waals surface area contributed by atoms with Crippen molar-refractivity contribution >= 4 is 21.6 Å². The van der Waals surface area contributed by atoms with E-state index in [0.29, 0.717) is 23.6 Å². The molecule has 220 valence electrons. The number of amides is 1. The molecule has 7 nitrogen and oxygen atoms in total. The quantitative estimate of drug-likeness (QED) is 0.265. The number of halogens is 2. The summed E-state index contributed by atoms with van der Waals surface area (Å²) in [6, 6.07) is 18.0. The number of sulfonamides is 1. The van der Waals surface area contributed by atoms with Crippen molar-refractivity contribution in [1.82, 2.24) is 10.2 Å². The minimum atomic E-state index is -3.33. The number of nitrogens with zero attached hydrogens (tertiary/aromatic N) is 1. The normalized spacial score (nSPS) is 15.3. The zero-order valence-electron chi connectivity index (χ0n) is 23.4. The number of hydrogen-bond donors (Lipinski definition) is 2. The first-order valence-electron chi connectivity index (χ1n) is 13.9.